The van der Waals surface area contributed by atoms with E-state index in [1.807, 2.05) is 24.3 Å². The SMILES string of the molecule is CCC(CCN)CCC(=O)OCc1cccc(Br)c1. The number of ether oxygens (including phenoxy) is 1. The average molecular weight is 328 g/mol. The van der Waals surface area contributed by atoms with Gasteiger partial charge in [0.2, 0.25) is 0 Å². The number of esters is 1. The van der Waals surface area contributed by atoms with Gasteiger partial charge >= 0.3 is 5.97 Å². The van der Waals surface area contributed by atoms with Crippen LogP contribution in [0.5, 0.6) is 0 Å². The minimum absolute atomic E-state index is 0.129. The molecule has 0 fully saturated rings. The maximum Gasteiger partial charge on any atom is 0.306 e. The first-order chi connectivity index (χ1) is 9.15. The summed E-state index contributed by atoms with van der Waals surface area (Å²) in [7, 11) is 0. The molecule has 0 bridgehead atoms. The Kier molecular flexibility index (Phi) is 7.75. The molecule has 0 aliphatic heterocycles. The molecule has 1 aromatic rings. The number of benzene rings is 1. The Hall–Kier alpha value is -0.870. The van der Waals surface area contributed by atoms with Gasteiger partial charge in [0.25, 0.3) is 0 Å². The molecule has 0 heterocycles. The van der Waals surface area contributed by atoms with Crippen molar-refractivity contribution in [3.8, 4) is 0 Å². The molecular formula is C15H22BrNO2. The molecule has 0 amide bonds. The number of carbonyl (C=O) groups excluding carboxylic acids is 1. The van der Waals surface area contributed by atoms with Gasteiger partial charge in [-0.15, -0.1) is 0 Å². The second kappa shape index (κ2) is 9.10. The van der Waals surface area contributed by atoms with E-state index in [1.165, 1.54) is 0 Å². The maximum absolute atomic E-state index is 11.7. The summed E-state index contributed by atoms with van der Waals surface area (Å²) >= 11 is 3.39. The molecule has 0 aliphatic rings. The summed E-state index contributed by atoms with van der Waals surface area (Å²) in [5.74, 6) is 0.402. The largest absolute Gasteiger partial charge is 0.461 e. The van der Waals surface area contributed by atoms with E-state index >= 15 is 0 Å². The third-order valence-electron chi connectivity index (χ3n) is 3.20. The van der Waals surface area contributed by atoms with E-state index in [9.17, 15) is 4.79 Å². The fourth-order valence-corrected chi connectivity index (χ4v) is 2.42. The van der Waals surface area contributed by atoms with Gasteiger partial charge in [-0.2, -0.15) is 0 Å². The molecular weight excluding hydrogens is 306 g/mol. The Morgan fingerprint density at radius 3 is 2.84 bits per heavy atom. The summed E-state index contributed by atoms with van der Waals surface area (Å²) in [5, 5.41) is 0. The van der Waals surface area contributed by atoms with E-state index in [1.54, 1.807) is 0 Å². The van der Waals surface area contributed by atoms with Gasteiger partial charge in [0.15, 0.2) is 0 Å². The van der Waals surface area contributed by atoms with E-state index in [4.69, 9.17) is 10.5 Å². The Bertz CT molecular complexity index is 395. The van der Waals surface area contributed by atoms with Crippen molar-refractivity contribution in [1.82, 2.24) is 0 Å². The molecule has 0 aliphatic carbocycles. The second-order valence-corrected chi connectivity index (χ2v) is 5.60. The highest BCUT2D eigenvalue weighted by Crippen LogP contribution is 2.16. The summed E-state index contributed by atoms with van der Waals surface area (Å²) in [6, 6.07) is 7.78. The predicted octanol–water partition coefficient (Wildman–Crippen LogP) is 3.65. The lowest BCUT2D eigenvalue weighted by Crippen LogP contribution is -2.11. The number of halogens is 1. The second-order valence-electron chi connectivity index (χ2n) is 4.68. The Balaban J connectivity index is 2.28. The molecule has 4 heteroatoms. The first-order valence-electron chi connectivity index (χ1n) is 6.75. The minimum atomic E-state index is -0.129. The van der Waals surface area contributed by atoms with Crippen molar-refractivity contribution in [2.75, 3.05) is 6.54 Å². The third-order valence-corrected chi connectivity index (χ3v) is 3.69. The van der Waals surface area contributed by atoms with Gasteiger partial charge < -0.3 is 10.5 Å². The molecule has 2 N–H and O–H groups in total. The molecule has 0 aromatic heterocycles. The molecule has 1 rings (SSSR count). The van der Waals surface area contributed by atoms with Gasteiger partial charge in [-0.25, -0.2) is 0 Å². The smallest absolute Gasteiger partial charge is 0.306 e. The normalized spacial score (nSPS) is 12.2. The molecule has 1 unspecified atom stereocenters. The standard InChI is InChI=1S/C15H22BrNO2/c1-2-12(8-9-17)6-7-15(18)19-11-13-4-3-5-14(16)10-13/h3-5,10,12H,2,6-9,11,17H2,1H3. The lowest BCUT2D eigenvalue weighted by Gasteiger charge is -2.12. The van der Waals surface area contributed by atoms with Crippen molar-refractivity contribution >= 4 is 21.9 Å². The molecule has 106 valence electrons. The number of hydrogen-bond donors (Lipinski definition) is 1. The van der Waals surface area contributed by atoms with Crippen LogP contribution in [0.25, 0.3) is 0 Å². The zero-order valence-electron chi connectivity index (χ0n) is 11.4. The first kappa shape index (κ1) is 16.2. The fraction of sp³-hybridized carbons (Fsp3) is 0.533. The molecule has 1 atom stereocenters. The zero-order chi connectivity index (χ0) is 14.1. The number of hydrogen-bond acceptors (Lipinski definition) is 3. The number of rotatable bonds is 8. The van der Waals surface area contributed by atoms with Crippen molar-refractivity contribution in [2.45, 2.75) is 39.2 Å². The van der Waals surface area contributed by atoms with Gasteiger partial charge in [-0.1, -0.05) is 41.4 Å². The molecule has 1 aromatic carbocycles. The number of carbonyl (C=O) groups is 1. The summed E-state index contributed by atoms with van der Waals surface area (Å²) in [4.78, 5) is 11.7. The summed E-state index contributed by atoms with van der Waals surface area (Å²) in [6.45, 7) is 3.16. The topological polar surface area (TPSA) is 52.3 Å². The van der Waals surface area contributed by atoms with Crippen LogP contribution in [0.15, 0.2) is 28.7 Å². The Labute approximate surface area is 123 Å². The van der Waals surface area contributed by atoms with Gasteiger partial charge in [0.1, 0.15) is 6.61 Å². The Morgan fingerprint density at radius 2 is 2.21 bits per heavy atom. The van der Waals surface area contributed by atoms with E-state index in [0.29, 0.717) is 25.5 Å². The highest BCUT2D eigenvalue weighted by molar-refractivity contribution is 9.10. The van der Waals surface area contributed by atoms with Gasteiger partial charge in [0.05, 0.1) is 0 Å². The molecule has 0 saturated heterocycles. The van der Waals surface area contributed by atoms with Gasteiger partial charge in [-0.3, -0.25) is 4.79 Å². The van der Waals surface area contributed by atoms with E-state index in [0.717, 1.165) is 29.3 Å². The van der Waals surface area contributed by atoms with Crippen molar-refractivity contribution < 1.29 is 9.53 Å². The van der Waals surface area contributed by atoms with Crippen LogP contribution in [0.3, 0.4) is 0 Å². The van der Waals surface area contributed by atoms with Crippen LogP contribution in [0.4, 0.5) is 0 Å². The molecule has 0 radical (unpaired) electrons. The Morgan fingerprint density at radius 1 is 1.42 bits per heavy atom. The molecule has 0 spiro atoms. The van der Waals surface area contributed by atoms with Crippen molar-refractivity contribution in [1.29, 1.82) is 0 Å². The fourth-order valence-electron chi connectivity index (χ4n) is 1.97. The molecule has 19 heavy (non-hydrogen) atoms. The lowest BCUT2D eigenvalue weighted by molar-refractivity contribution is -0.145. The highest BCUT2D eigenvalue weighted by atomic mass is 79.9. The van der Waals surface area contributed by atoms with E-state index in [-0.39, 0.29) is 5.97 Å². The monoisotopic (exact) mass is 327 g/mol. The van der Waals surface area contributed by atoms with E-state index < -0.39 is 0 Å². The van der Waals surface area contributed by atoms with Crippen LogP contribution >= 0.6 is 15.9 Å². The summed E-state index contributed by atoms with van der Waals surface area (Å²) in [5.41, 5.74) is 6.54. The van der Waals surface area contributed by atoms with Crippen LogP contribution in [-0.2, 0) is 16.1 Å². The van der Waals surface area contributed by atoms with Crippen LogP contribution < -0.4 is 5.73 Å². The molecule has 0 saturated carbocycles. The summed E-state index contributed by atoms with van der Waals surface area (Å²) < 4.78 is 6.26. The highest BCUT2D eigenvalue weighted by Gasteiger charge is 2.10. The van der Waals surface area contributed by atoms with Crippen LogP contribution in [0.1, 0.15) is 38.2 Å². The van der Waals surface area contributed by atoms with Crippen molar-refractivity contribution in [2.24, 2.45) is 11.7 Å². The van der Waals surface area contributed by atoms with Crippen LogP contribution in [0.2, 0.25) is 0 Å². The minimum Gasteiger partial charge on any atom is -0.461 e. The van der Waals surface area contributed by atoms with Gasteiger partial charge in [-0.05, 0) is 43.0 Å². The average Bonchev–Trinajstić information content (AvgIpc) is 2.41. The first-order valence-corrected chi connectivity index (χ1v) is 7.55. The lowest BCUT2D eigenvalue weighted by atomic mass is 9.97. The zero-order valence-corrected chi connectivity index (χ0v) is 13.0. The maximum atomic E-state index is 11.7. The van der Waals surface area contributed by atoms with E-state index in [2.05, 4.69) is 22.9 Å². The number of nitrogens with two attached hydrogens (primary N) is 1. The van der Waals surface area contributed by atoms with Crippen molar-refractivity contribution in [3.63, 3.8) is 0 Å². The van der Waals surface area contributed by atoms with Crippen molar-refractivity contribution in [3.05, 3.63) is 34.3 Å². The quantitative estimate of drug-likeness (QED) is 0.741. The summed E-state index contributed by atoms with van der Waals surface area (Å²) in [6.07, 6.45) is 3.39. The van der Waals surface area contributed by atoms with Gasteiger partial charge in [0, 0.05) is 10.9 Å². The van der Waals surface area contributed by atoms with Crippen LogP contribution in [-0.4, -0.2) is 12.5 Å². The third kappa shape index (κ3) is 6.73. The predicted molar refractivity (Wildman–Crippen MR) is 80.6 cm³/mol. The van der Waals surface area contributed by atoms with Crippen LogP contribution in [0, 0.1) is 5.92 Å². The molecule has 3 nitrogen and oxygen atoms in total.